The summed E-state index contributed by atoms with van der Waals surface area (Å²) in [6.07, 6.45) is 5.31. The van der Waals surface area contributed by atoms with Crippen LogP contribution in [-0.4, -0.2) is 11.8 Å². The monoisotopic (exact) mass is 221 g/mol. The second kappa shape index (κ2) is 4.93. The summed E-state index contributed by atoms with van der Waals surface area (Å²) in [5.74, 6) is 0.864. The van der Waals surface area contributed by atoms with E-state index in [0.717, 1.165) is 5.92 Å². The van der Waals surface area contributed by atoms with Crippen LogP contribution in [0.3, 0.4) is 0 Å². The van der Waals surface area contributed by atoms with E-state index in [1.807, 2.05) is 0 Å². The first-order valence-electron chi connectivity index (χ1n) is 5.82. The lowest BCUT2D eigenvalue weighted by Gasteiger charge is -2.24. The molecular formula is C13H19NS. The normalized spacial score (nSPS) is 28.0. The average molecular weight is 221 g/mol. The topological polar surface area (TPSA) is 12.4 Å². The van der Waals surface area contributed by atoms with Crippen LogP contribution in [0.2, 0.25) is 0 Å². The Morgan fingerprint density at radius 1 is 1.47 bits per heavy atom. The molecule has 0 amide bonds. The molecule has 0 aromatic carbocycles. The van der Waals surface area contributed by atoms with E-state index in [2.05, 4.69) is 30.7 Å². The number of thiophene rings is 1. The van der Waals surface area contributed by atoms with Gasteiger partial charge in [0.25, 0.3) is 0 Å². The summed E-state index contributed by atoms with van der Waals surface area (Å²) in [7, 11) is 0. The summed E-state index contributed by atoms with van der Waals surface area (Å²) in [5, 5.41) is 4.31. The Hall–Kier alpha value is -0.630. The van der Waals surface area contributed by atoms with Gasteiger partial charge in [0.15, 0.2) is 0 Å². The molecule has 0 aliphatic heterocycles. The number of hydrogen-bond donors (Lipinski definition) is 0. The molecule has 0 bridgehead atoms. The van der Waals surface area contributed by atoms with Gasteiger partial charge in [-0.1, -0.05) is 19.8 Å². The maximum absolute atomic E-state index is 4.85. The largest absolute Gasteiger partial charge is 0.286 e. The predicted octanol–water partition coefficient (Wildman–Crippen LogP) is 4.14. The van der Waals surface area contributed by atoms with Crippen LogP contribution in [0.5, 0.6) is 0 Å². The van der Waals surface area contributed by atoms with Crippen LogP contribution in [0.4, 0.5) is 0 Å². The molecule has 1 nitrogen and oxygen atoms in total. The Morgan fingerprint density at radius 2 is 2.33 bits per heavy atom. The Labute approximate surface area is 96.2 Å². The summed E-state index contributed by atoms with van der Waals surface area (Å²) in [4.78, 5) is 4.85. The van der Waals surface area contributed by atoms with Crippen molar-refractivity contribution in [2.75, 3.05) is 0 Å². The van der Waals surface area contributed by atoms with E-state index in [0.29, 0.717) is 6.04 Å². The first-order valence-corrected chi connectivity index (χ1v) is 6.77. The fraction of sp³-hybridized carbons (Fsp3) is 0.615. The van der Waals surface area contributed by atoms with E-state index in [1.54, 1.807) is 11.3 Å². The summed E-state index contributed by atoms with van der Waals surface area (Å²) in [6.45, 7) is 4.49. The second-order valence-electron chi connectivity index (χ2n) is 4.65. The Morgan fingerprint density at radius 3 is 3.00 bits per heavy atom. The lowest BCUT2D eigenvalue weighted by atomic mass is 9.87. The van der Waals surface area contributed by atoms with Crippen LogP contribution in [0.25, 0.3) is 0 Å². The maximum atomic E-state index is 4.85. The van der Waals surface area contributed by atoms with Gasteiger partial charge in [0, 0.05) is 11.3 Å². The molecule has 1 aliphatic carbocycles. The predicted molar refractivity (Wildman–Crippen MR) is 68.0 cm³/mol. The Kier molecular flexibility index (Phi) is 3.57. The number of aliphatic imine (C=N–C) groups is 1. The van der Waals surface area contributed by atoms with Gasteiger partial charge in [-0.15, -0.1) is 0 Å². The van der Waals surface area contributed by atoms with Crippen LogP contribution in [0.15, 0.2) is 21.8 Å². The molecule has 2 heteroatoms. The molecule has 15 heavy (non-hydrogen) atoms. The van der Waals surface area contributed by atoms with Crippen molar-refractivity contribution >= 4 is 17.0 Å². The Balaban J connectivity index is 2.02. The third-order valence-corrected chi connectivity index (χ3v) is 3.91. The SMILES string of the molecule is CC(=NC1CCCC(C)C1)c1ccsc1. The zero-order valence-corrected chi connectivity index (χ0v) is 10.4. The van der Waals surface area contributed by atoms with Crippen molar-refractivity contribution in [1.29, 1.82) is 0 Å². The third kappa shape index (κ3) is 2.91. The molecule has 82 valence electrons. The molecular weight excluding hydrogens is 202 g/mol. The van der Waals surface area contributed by atoms with Gasteiger partial charge in [0.1, 0.15) is 0 Å². The molecule has 1 fully saturated rings. The van der Waals surface area contributed by atoms with Crippen molar-refractivity contribution in [3.63, 3.8) is 0 Å². The molecule has 2 unspecified atom stereocenters. The lowest BCUT2D eigenvalue weighted by molar-refractivity contribution is 0.346. The summed E-state index contributed by atoms with van der Waals surface area (Å²) >= 11 is 1.75. The van der Waals surface area contributed by atoms with Crippen LogP contribution in [0.1, 0.15) is 45.1 Å². The lowest BCUT2D eigenvalue weighted by Crippen LogP contribution is -2.17. The van der Waals surface area contributed by atoms with Crippen molar-refractivity contribution in [2.45, 2.75) is 45.6 Å². The minimum Gasteiger partial charge on any atom is -0.286 e. The van der Waals surface area contributed by atoms with Crippen LogP contribution in [-0.2, 0) is 0 Å². The Bertz CT molecular complexity index is 326. The van der Waals surface area contributed by atoms with Crippen molar-refractivity contribution in [1.82, 2.24) is 0 Å². The molecule has 2 atom stereocenters. The van der Waals surface area contributed by atoms with Gasteiger partial charge in [0.2, 0.25) is 0 Å². The van der Waals surface area contributed by atoms with Crippen LogP contribution < -0.4 is 0 Å². The van der Waals surface area contributed by atoms with E-state index in [1.165, 1.54) is 37.0 Å². The van der Waals surface area contributed by atoms with Gasteiger partial charge in [-0.3, -0.25) is 4.99 Å². The number of nitrogens with zero attached hydrogens (tertiary/aromatic N) is 1. The quantitative estimate of drug-likeness (QED) is 0.666. The highest BCUT2D eigenvalue weighted by Crippen LogP contribution is 2.26. The van der Waals surface area contributed by atoms with Crippen molar-refractivity contribution in [3.8, 4) is 0 Å². The summed E-state index contributed by atoms with van der Waals surface area (Å²) in [5.41, 5.74) is 2.52. The molecule has 2 rings (SSSR count). The summed E-state index contributed by atoms with van der Waals surface area (Å²) in [6, 6.07) is 2.74. The highest BCUT2D eigenvalue weighted by atomic mass is 32.1. The molecule has 1 aromatic rings. The molecule has 1 saturated carbocycles. The van der Waals surface area contributed by atoms with Crippen molar-refractivity contribution in [3.05, 3.63) is 22.4 Å². The molecule has 1 aromatic heterocycles. The van der Waals surface area contributed by atoms with Crippen LogP contribution >= 0.6 is 11.3 Å². The highest BCUT2D eigenvalue weighted by molar-refractivity contribution is 7.08. The minimum absolute atomic E-state index is 0.577. The number of rotatable bonds is 2. The molecule has 1 heterocycles. The average Bonchev–Trinajstić information content (AvgIpc) is 2.70. The highest BCUT2D eigenvalue weighted by Gasteiger charge is 2.18. The number of hydrogen-bond acceptors (Lipinski definition) is 2. The molecule has 0 saturated heterocycles. The minimum atomic E-state index is 0.577. The zero-order valence-electron chi connectivity index (χ0n) is 9.57. The second-order valence-corrected chi connectivity index (χ2v) is 5.43. The van der Waals surface area contributed by atoms with Crippen molar-refractivity contribution in [2.24, 2.45) is 10.9 Å². The molecule has 1 aliphatic rings. The van der Waals surface area contributed by atoms with Gasteiger partial charge in [-0.05, 0) is 42.5 Å². The van der Waals surface area contributed by atoms with Gasteiger partial charge in [0.05, 0.1) is 6.04 Å². The van der Waals surface area contributed by atoms with E-state index in [9.17, 15) is 0 Å². The van der Waals surface area contributed by atoms with Gasteiger partial charge >= 0.3 is 0 Å². The first-order chi connectivity index (χ1) is 7.25. The fourth-order valence-corrected chi connectivity index (χ4v) is 3.04. The van der Waals surface area contributed by atoms with Gasteiger partial charge in [-0.2, -0.15) is 11.3 Å². The smallest absolute Gasteiger partial charge is 0.0505 e. The van der Waals surface area contributed by atoms with Gasteiger partial charge in [-0.25, -0.2) is 0 Å². The molecule has 0 radical (unpaired) electrons. The van der Waals surface area contributed by atoms with Gasteiger partial charge < -0.3 is 0 Å². The third-order valence-electron chi connectivity index (χ3n) is 3.22. The van der Waals surface area contributed by atoms with E-state index < -0.39 is 0 Å². The van der Waals surface area contributed by atoms with E-state index in [-0.39, 0.29) is 0 Å². The molecule has 0 spiro atoms. The van der Waals surface area contributed by atoms with Crippen molar-refractivity contribution < 1.29 is 0 Å². The maximum Gasteiger partial charge on any atom is 0.0505 e. The zero-order chi connectivity index (χ0) is 10.7. The fourth-order valence-electron chi connectivity index (χ4n) is 2.34. The standard InChI is InChI=1S/C13H19NS/c1-10-4-3-5-13(8-10)14-11(2)12-6-7-15-9-12/h6-7,9-10,13H,3-5,8H2,1-2H3. The molecule has 0 N–H and O–H groups in total. The van der Waals surface area contributed by atoms with E-state index >= 15 is 0 Å². The first kappa shape index (κ1) is 10.9. The van der Waals surface area contributed by atoms with Crippen LogP contribution in [0, 0.1) is 5.92 Å². The van der Waals surface area contributed by atoms with E-state index in [4.69, 9.17) is 4.99 Å². The summed E-state index contributed by atoms with van der Waals surface area (Å²) < 4.78 is 0.